The number of hydrogen-bond donors (Lipinski definition) is 1. The minimum absolute atomic E-state index is 0.0136. The number of nitrogens with zero attached hydrogens (tertiary/aromatic N) is 4. The Hall–Kier alpha value is -3.81. The van der Waals surface area contributed by atoms with E-state index in [0.717, 1.165) is 62.5 Å². The number of aromatic nitrogens is 4. The van der Waals surface area contributed by atoms with Gasteiger partial charge in [0.2, 0.25) is 0 Å². The van der Waals surface area contributed by atoms with Crippen LogP contribution in [0.1, 0.15) is 31.3 Å². The third-order valence-electron chi connectivity index (χ3n) is 6.05. The van der Waals surface area contributed by atoms with Crippen LogP contribution in [0.25, 0.3) is 33.1 Å². The van der Waals surface area contributed by atoms with Crippen molar-refractivity contribution in [3.8, 4) is 22.9 Å². The summed E-state index contributed by atoms with van der Waals surface area (Å²) in [4.78, 5) is 9.49. The topological polar surface area (TPSA) is 87.2 Å². The summed E-state index contributed by atoms with van der Waals surface area (Å²) in [6, 6.07) is 4.61. The lowest BCUT2D eigenvalue weighted by atomic mass is 10.0. The summed E-state index contributed by atoms with van der Waals surface area (Å²) in [5.41, 5.74) is 6.30. The van der Waals surface area contributed by atoms with Gasteiger partial charge in [-0.1, -0.05) is 17.3 Å². The fourth-order valence-corrected chi connectivity index (χ4v) is 4.51. The lowest BCUT2D eigenvalue weighted by molar-refractivity contribution is 0.293. The maximum Gasteiger partial charge on any atom is 0.298 e. The van der Waals surface area contributed by atoms with Gasteiger partial charge >= 0.3 is 0 Å². The number of aryl methyl sites for hydroxylation is 2. The number of allylic oxidation sites excluding steroid dienone is 3. The van der Waals surface area contributed by atoms with Crippen LogP contribution in [-0.2, 0) is 0 Å². The molecule has 0 aliphatic carbocycles. The van der Waals surface area contributed by atoms with Gasteiger partial charge in [0.05, 0.1) is 48.2 Å². The average molecular weight is 446 g/mol. The van der Waals surface area contributed by atoms with E-state index in [0.29, 0.717) is 12.6 Å². The number of benzene rings is 1. The number of hydrogen-bond acceptors (Lipinski definition) is 7. The second kappa shape index (κ2) is 8.27. The van der Waals surface area contributed by atoms with Crippen LogP contribution in [0.15, 0.2) is 46.8 Å². The molecule has 0 unspecified atom stereocenters. The van der Waals surface area contributed by atoms with E-state index in [4.69, 9.17) is 24.0 Å². The molecule has 1 aromatic carbocycles. The maximum absolute atomic E-state index is 5.95. The highest BCUT2D eigenvalue weighted by atomic mass is 16.5. The monoisotopic (exact) mass is 445 g/mol. The quantitative estimate of drug-likeness (QED) is 0.453. The first-order chi connectivity index (χ1) is 16.0. The Balaban J connectivity index is 1.80. The highest BCUT2D eigenvalue weighted by Crippen LogP contribution is 2.40. The normalized spacial score (nSPS) is 14.4. The minimum atomic E-state index is -0.0136. The Labute approximate surface area is 191 Å². The molecule has 8 heteroatoms. The van der Waals surface area contributed by atoms with E-state index in [2.05, 4.69) is 40.2 Å². The van der Waals surface area contributed by atoms with Crippen LogP contribution < -0.4 is 14.8 Å². The molecule has 1 aliphatic heterocycles. The van der Waals surface area contributed by atoms with Gasteiger partial charge in [0.1, 0.15) is 17.0 Å². The summed E-state index contributed by atoms with van der Waals surface area (Å²) in [5, 5.41) is 8.52. The number of methoxy groups -OCH3 is 1. The number of fused-ring (bicyclic) bond motifs is 3. The van der Waals surface area contributed by atoms with E-state index in [1.54, 1.807) is 13.3 Å². The summed E-state index contributed by atoms with van der Waals surface area (Å²) in [5.74, 6) is 1.47. The molecule has 0 fully saturated rings. The molecule has 1 N–H and O–H groups in total. The van der Waals surface area contributed by atoms with Gasteiger partial charge in [-0.3, -0.25) is 9.55 Å². The van der Waals surface area contributed by atoms with Crippen molar-refractivity contribution in [3.05, 3.63) is 53.7 Å². The smallest absolute Gasteiger partial charge is 0.298 e. The van der Waals surface area contributed by atoms with E-state index in [1.807, 2.05) is 32.9 Å². The second-order valence-corrected chi connectivity index (χ2v) is 8.07. The third kappa shape index (κ3) is 3.42. The van der Waals surface area contributed by atoms with Gasteiger partial charge in [0.15, 0.2) is 0 Å². The molecule has 33 heavy (non-hydrogen) atoms. The largest absolute Gasteiger partial charge is 0.496 e. The van der Waals surface area contributed by atoms with Crippen molar-refractivity contribution in [2.75, 3.05) is 20.3 Å². The molecule has 0 radical (unpaired) electrons. The molecule has 3 aromatic heterocycles. The molecule has 8 nitrogen and oxygen atoms in total. The molecule has 4 heterocycles. The summed E-state index contributed by atoms with van der Waals surface area (Å²) >= 11 is 0. The average Bonchev–Trinajstić information content (AvgIpc) is 3.37. The Kier molecular flexibility index (Phi) is 5.28. The molecule has 0 saturated carbocycles. The fraction of sp³-hybridized carbons (Fsp3) is 0.320. The first-order valence-corrected chi connectivity index (χ1v) is 11.1. The highest BCUT2D eigenvalue weighted by molar-refractivity contribution is 6.05. The standard InChI is InChI=1S/C25H27N5O3/c1-6-32-25-28-21-13-27-20-11-18(23-14(2)29-33-16(23)4)22(31-5)12-17(20)24(21)30(25)15(3)19-9-7-8-10-26-19/h7-9,11-13,15,26H,6,10H2,1-5H3/t15-/m1/s1. The number of pyridine rings is 1. The van der Waals surface area contributed by atoms with E-state index in [-0.39, 0.29) is 6.04 Å². The van der Waals surface area contributed by atoms with Crippen molar-refractivity contribution in [2.45, 2.75) is 33.7 Å². The maximum atomic E-state index is 5.95. The Morgan fingerprint density at radius 2 is 2.09 bits per heavy atom. The van der Waals surface area contributed by atoms with Crippen molar-refractivity contribution in [1.29, 1.82) is 0 Å². The molecule has 0 amide bonds. The lowest BCUT2D eigenvalue weighted by Gasteiger charge is -2.23. The first-order valence-electron chi connectivity index (χ1n) is 11.1. The third-order valence-corrected chi connectivity index (χ3v) is 6.05. The predicted octanol–water partition coefficient (Wildman–Crippen LogP) is 4.87. The van der Waals surface area contributed by atoms with Crippen LogP contribution in [-0.4, -0.2) is 40.0 Å². The molecule has 1 aliphatic rings. The number of rotatable bonds is 6. The van der Waals surface area contributed by atoms with Crippen LogP contribution in [0.2, 0.25) is 0 Å². The number of imidazole rings is 1. The Bertz CT molecular complexity index is 1390. The SMILES string of the molecule is CCOc1nc2cnc3cc(-c4c(C)noc4C)c(OC)cc3c2n1[C@H](C)C1=CC=CCN1. The van der Waals surface area contributed by atoms with E-state index in [1.165, 1.54) is 0 Å². The van der Waals surface area contributed by atoms with Gasteiger partial charge in [-0.25, -0.2) is 0 Å². The molecule has 5 rings (SSSR count). The number of ether oxygens (including phenoxy) is 2. The molecule has 4 aromatic rings. The zero-order chi connectivity index (χ0) is 23.1. The molecule has 0 spiro atoms. The number of nitrogens with one attached hydrogen (secondary N) is 1. The van der Waals surface area contributed by atoms with Crippen molar-refractivity contribution < 1.29 is 14.0 Å². The van der Waals surface area contributed by atoms with Gasteiger partial charge in [-0.05, 0) is 45.9 Å². The van der Waals surface area contributed by atoms with Crippen LogP contribution in [0.5, 0.6) is 11.8 Å². The molecular weight excluding hydrogens is 418 g/mol. The zero-order valence-electron chi connectivity index (χ0n) is 19.5. The summed E-state index contributed by atoms with van der Waals surface area (Å²) in [6.45, 7) is 9.25. The van der Waals surface area contributed by atoms with Crippen LogP contribution in [0.3, 0.4) is 0 Å². The van der Waals surface area contributed by atoms with Gasteiger partial charge in [0, 0.05) is 23.2 Å². The summed E-state index contributed by atoms with van der Waals surface area (Å²) in [7, 11) is 1.67. The zero-order valence-corrected chi connectivity index (χ0v) is 19.5. The fourth-order valence-electron chi connectivity index (χ4n) is 4.51. The first kappa shape index (κ1) is 21.1. The minimum Gasteiger partial charge on any atom is -0.496 e. The van der Waals surface area contributed by atoms with Crippen molar-refractivity contribution >= 4 is 21.9 Å². The highest BCUT2D eigenvalue weighted by Gasteiger charge is 2.24. The Morgan fingerprint density at radius 3 is 2.76 bits per heavy atom. The molecule has 0 bridgehead atoms. The molecular formula is C25H27N5O3. The lowest BCUT2D eigenvalue weighted by Crippen LogP contribution is -2.23. The van der Waals surface area contributed by atoms with Crippen LogP contribution in [0.4, 0.5) is 0 Å². The van der Waals surface area contributed by atoms with E-state index < -0.39 is 0 Å². The van der Waals surface area contributed by atoms with Gasteiger partial charge in [-0.15, -0.1) is 0 Å². The van der Waals surface area contributed by atoms with Crippen molar-refractivity contribution in [1.82, 2.24) is 25.0 Å². The number of dihydropyridines is 1. The van der Waals surface area contributed by atoms with Gasteiger partial charge < -0.3 is 19.3 Å². The van der Waals surface area contributed by atoms with E-state index >= 15 is 0 Å². The van der Waals surface area contributed by atoms with Gasteiger partial charge in [0.25, 0.3) is 6.01 Å². The second-order valence-electron chi connectivity index (χ2n) is 8.07. The molecule has 170 valence electrons. The Morgan fingerprint density at radius 1 is 1.24 bits per heavy atom. The predicted molar refractivity (Wildman–Crippen MR) is 128 cm³/mol. The van der Waals surface area contributed by atoms with Crippen LogP contribution >= 0.6 is 0 Å². The summed E-state index contributed by atoms with van der Waals surface area (Å²) < 4.78 is 19.3. The molecule has 1 atom stereocenters. The van der Waals surface area contributed by atoms with Crippen molar-refractivity contribution in [2.24, 2.45) is 0 Å². The van der Waals surface area contributed by atoms with Crippen LogP contribution in [0, 0.1) is 13.8 Å². The van der Waals surface area contributed by atoms with E-state index in [9.17, 15) is 0 Å². The van der Waals surface area contributed by atoms with Gasteiger partial charge in [-0.2, -0.15) is 4.98 Å². The summed E-state index contributed by atoms with van der Waals surface area (Å²) in [6.07, 6.45) is 8.05. The molecule has 0 saturated heterocycles. The van der Waals surface area contributed by atoms with Crippen molar-refractivity contribution in [3.63, 3.8) is 0 Å².